The smallest absolute Gasteiger partial charge is 0.0702 e. The lowest BCUT2D eigenvalue weighted by Crippen LogP contribution is -2.54. The minimum Gasteiger partial charge on any atom is -0.377 e. The van der Waals surface area contributed by atoms with Crippen molar-refractivity contribution in [2.24, 2.45) is 5.92 Å². The van der Waals surface area contributed by atoms with Crippen LogP contribution in [-0.4, -0.2) is 49.3 Å². The number of piperidine rings is 1. The fraction of sp³-hybridized carbons (Fsp3) is 1.00. The number of fused-ring (bicyclic) bond motifs is 1. The quantitative estimate of drug-likeness (QED) is 0.849. The van der Waals surface area contributed by atoms with Gasteiger partial charge in [-0.1, -0.05) is 12.8 Å². The molecule has 1 saturated carbocycles. The number of rotatable bonds is 3. The molecule has 5 unspecified atom stereocenters. The van der Waals surface area contributed by atoms with E-state index in [0.717, 1.165) is 18.6 Å². The highest BCUT2D eigenvalue weighted by Crippen LogP contribution is 2.32. The molecule has 1 N–H and O–H groups in total. The van der Waals surface area contributed by atoms with Gasteiger partial charge in [0.15, 0.2) is 0 Å². The van der Waals surface area contributed by atoms with E-state index in [1.165, 1.54) is 51.5 Å². The number of hydrogen-bond donors (Lipinski definition) is 1. The van der Waals surface area contributed by atoms with Gasteiger partial charge >= 0.3 is 0 Å². The zero-order valence-electron chi connectivity index (χ0n) is 12.6. The Balaban J connectivity index is 1.50. The fourth-order valence-corrected chi connectivity index (χ4v) is 4.50. The lowest BCUT2D eigenvalue weighted by Gasteiger charge is -2.42. The van der Waals surface area contributed by atoms with Crippen molar-refractivity contribution in [3.63, 3.8) is 0 Å². The molecule has 3 aliphatic rings. The van der Waals surface area contributed by atoms with E-state index in [4.69, 9.17) is 4.74 Å². The van der Waals surface area contributed by atoms with Crippen molar-refractivity contribution in [1.82, 2.24) is 10.2 Å². The van der Waals surface area contributed by atoms with Crippen LogP contribution >= 0.6 is 0 Å². The van der Waals surface area contributed by atoms with Crippen molar-refractivity contribution in [3.8, 4) is 0 Å². The maximum absolute atomic E-state index is 5.70. The normalized spacial score (nSPS) is 43.4. The van der Waals surface area contributed by atoms with Gasteiger partial charge in [-0.3, -0.25) is 4.90 Å². The Labute approximate surface area is 118 Å². The highest BCUT2D eigenvalue weighted by Gasteiger charge is 2.34. The Bertz CT molecular complexity index is 296. The second kappa shape index (κ2) is 6.11. The summed E-state index contributed by atoms with van der Waals surface area (Å²) >= 11 is 0. The van der Waals surface area contributed by atoms with Gasteiger partial charge in [0.1, 0.15) is 0 Å². The van der Waals surface area contributed by atoms with E-state index in [2.05, 4.69) is 24.2 Å². The van der Waals surface area contributed by atoms with Gasteiger partial charge in [0.25, 0.3) is 0 Å². The van der Waals surface area contributed by atoms with Crippen molar-refractivity contribution in [1.29, 1.82) is 0 Å². The van der Waals surface area contributed by atoms with Gasteiger partial charge in [-0.05, 0) is 52.0 Å². The van der Waals surface area contributed by atoms with Crippen LogP contribution in [0.15, 0.2) is 0 Å². The molecule has 5 atom stereocenters. The van der Waals surface area contributed by atoms with Gasteiger partial charge in [-0.25, -0.2) is 0 Å². The molecule has 110 valence electrons. The summed E-state index contributed by atoms with van der Waals surface area (Å²) in [7, 11) is 2.28. The first-order valence-electron chi connectivity index (χ1n) is 8.32. The molecule has 3 nitrogen and oxygen atoms in total. The summed E-state index contributed by atoms with van der Waals surface area (Å²) < 4.78 is 5.70. The molecule has 0 radical (unpaired) electrons. The van der Waals surface area contributed by atoms with Crippen LogP contribution in [-0.2, 0) is 4.74 Å². The molecule has 0 bridgehead atoms. The van der Waals surface area contributed by atoms with E-state index >= 15 is 0 Å². The van der Waals surface area contributed by atoms with E-state index in [9.17, 15) is 0 Å². The van der Waals surface area contributed by atoms with Crippen molar-refractivity contribution in [2.75, 3.05) is 20.2 Å². The van der Waals surface area contributed by atoms with E-state index in [1.54, 1.807) is 0 Å². The number of nitrogens with zero attached hydrogens (tertiary/aromatic N) is 1. The first-order chi connectivity index (χ1) is 9.24. The number of nitrogens with one attached hydrogen (secondary N) is 1. The molecule has 0 amide bonds. The summed E-state index contributed by atoms with van der Waals surface area (Å²) in [5.41, 5.74) is 0. The average molecular weight is 266 g/mol. The van der Waals surface area contributed by atoms with Crippen molar-refractivity contribution >= 4 is 0 Å². The van der Waals surface area contributed by atoms with Crippen LogP contribution in [0.1, 0.15) is 51.9 Å². The van der Waals surface area contributed by atoms with Gasteiger partial charge in [-0.2, -0.15) is 0 Å². The third-order valence-electron chi connectivity index (χ3n) is 5.66. The van der Waals surface area contributed by atoms with Crippen LogP contribution in [0.2, 0.25) is 0 Å². The Morgan fingerprint density at radius 1 is 1.11 bits per heavy atom. The molecular formula is C16H30N2O. The summed E-state index contributed by atoms with van der Waals surface area (Å²) in [6.45, 7) is 4.36. The molecule has 2 saturated heterocycles. The van der Waals surface area contributed by atoms with Crippen molar-refractivity contribution in [3.05, 3.63) is 0 Å². The van der Waals surface area contributed by atoms with E-state index < -0.39 is 0 Å². The highest BCUT2D eigenvalue weighted by molar-refractivity contribution is 4.91. The lowest BCUT2D eigenvalue weighted by atomic mass is 9.77. The predicted octanol–water partition coefficient (Wildman–Crippen LogP) is 2.41. The van der Waals surface area contributed by atoms with Crippen LogP contribution in [0.4, 0.5) is 0 Å². The maximum atomic E-state index is 5.70. The molecule has 3 fully saturated rings. The average Bonchev–Trinajstić information content (AvgIpc) is 2.85. The standard InChI is InChI=1S/C16H30N2O/c1-12-16(9-10-19-12)18(2)11-14-8-7-13-5-3-4-6-15(13)17-14/h12-17H,3-11H2,1-2H3. The molecular weight excluding hydrogens is 236 g/mol. The van der Waals surface area contributed by atoms with Crippen LogP contribution < -0.4 is 5.32 Å². The largest absolute Gasteiger partial charge is 0.377 e. The number of ether oxygens (including phenoxy) is 1. The van der Waals surface area contributed by atoms with E-state index in [-0.39, 0.29) is 0 Å². The first kappa shape index (κ1) is 13.8. The SMILES string of the molecule is CC1OCCC1N(C)CC1CCC2CCCCC2N1. The number of hydrogen-bond acceptors (Lipinski definition) is 3. The maximum Gasteiger partial charge on any atom is 0.0702 e. The van der Waals surface area contributed by atoms with E-state index in [0.29, 0.717) is 18.2 Å². The summed E-state index contributed by atoms with van der Waals surface area (Å²) in [5.74, 6) is 0.976. The Kier molecular flexibility index (Phi) is 4.45. The van der Waals surface area contributed by atoms with Crippen LogP contribution in [0.5, 0.6) is 0 Å². The Morgan fingerprint density at radius 2 is 1.95 bits per heavy atom. The van der Waals surface area contributed by atoms with Gasteiger partial charge < -0.3 is 10.1 Å². The van der Waals surface area contributed by atoms with Crippen LogP contribution in [0, 0.1) is 5.92 Å². The monoisotopic (exact) mass is 266 g/mol. The Morgan fingerprint density at radius 3 is 2.74 bits per heavy atom. The first-order valence-corrected chi connectivity index (χ1v) is 8.32. The topological polar surface area (TPSA) is 24.5 Å². The predicted molar refractivity (Wildman–Crippen MR) is 78.4 cm³/mol. The molecule has 2 heterocycles. The zero-order chi connectivity index (χ0) is 13.2. The summed E-state index contributed by atoms with van der Waals surface area (Å²) in [6.07, 6.45) is 10.2. The fourth-order valence-electron chi connectivity index (χ4n) is 4.50. The van der Waals surface area contributed by atoms with Crippen LogP contribution in [0.3, 0.4) is 0 Å². The third kappa shape index (κ3) is 3.14. The van der Waals surface area contributed by atoms with Gasteiger partial charge in [0.2, 0.25) is 0 Å². The highest BCUT2D eigenvalue weighted by atomic mass is 16.5. The minimum absolute atomic E-state index is 0.413. The van der Waals surface area contributed by atoms with Crippen molar-refractivity contribution < 1.29 is 4.74 Å². The minimum atomic E-state index is 0.413. The summed E-state index contributed by atoms with van der Waals surface area (Å²) in [6, 6.07) is 2.15. The second-order valence-corrected chi connectivity index (χ2v) is 6.96. The molecule has 0 aromatic rings. The molecule has 0 spiro atoms. The molecule has 3 rings (SSSR count). The molecule has 0 aromatic carbocycles. The van der Waals surface area contributed by atoms with Crippen LogP contribution in [0.25, 0.3) is 0 Å². The van der Waals surface area contributed by atoms with Gasteiger partial charge in [-0.15, -0.1) is 0 Å². The number of likely N-dealkylation sites (N-methyl/N-ethyl adjacent to an activating group) is 1. The molecule has 3 heteroatoms. The second-order valence-electron chi connectivity index (χ2n) is 6.96. The zero-order valence-corrected chi connectivity index (χ0v) is 12.6. The van der Waals surface area contributed by atoms with Gasteiger partial charge in [0.05, 0.1) is 6.10 Å². The molecule has 0 aromatic heterocycles. The molecule has 19 heavy (non-hydrogen) atoms. The molecule has 2 aliphatic heterocycles. The third-order valence-corrected chi connectivity index (χ3v) is 5.66. The summed E-state index contributed by atoms with van der Waals surface area (Å²) in [4.78, 5) is 2.54. The lowest BCUT2D eigenvalue weighted by molar-refractivity contribution is 0.0732. The molecule has 1 aliphatic carbocycles. The van der Waals surface area contributed by atoms with Crippen molar-refractivity contribution in [2.45, 2.75) is 76.1 Å². The van der Waals surface area contributed by atoms with E-state index in [1.807, 2.05) is 0 Å². The Hall–Kier alpha value is -0.120. The van der Waals surface area contributed by atoms with Gasteiger partial charge in [0, 0.05) is 31.3 Å². The summed E-state index contributed by atoms with van der Waals surface area (Å²) in [5, 5.41) is 3.94.